The van der Waals surface area contributed by atoms with Crippen LogP contribution in [-0.2, 0) is 6.61 Å². The third kappa shape index (κ3) is 5.98. The second-order valence-electron chi connectivity index (χ2n) is 6.23. The van der Waals surface area contributed by atoms with Crippen LogP contribution in [0.25, 0.3) is 21.9 Å². The normalized spacial score (nSPS) is 9.71. The Kier molecular flexibility index (Phi) is 9.36. The van der Waals surface area contributed by atoms with Crippen molar-refractivity contribution in [1.82, 2.24) is 0 Å². The highest BCUT2D eigenvalue weighted by atomic mass is 17.1. The van der Waals surface area contributed by atoms with E-state index in [0.29, 0.717) is 12.4 Å². The van der Waals surface area contributed by atoms with Crippen LogP contribution < -0.4 is 9.62 Å². The van der Waals surface area contributed by atoms with Crippen molar-refractivity contribution in [2.75, 3.05) is 7.11 Å². The SMILES string of the molecule is CC.CO.OOc1ccc(-c2cccc3c(OCc4ccc(O)cc4)cccc23)cc1. The average molecular weight is 421 g/mol. The van der Waals surface area contributed by atoms with Gasteiger partial charge in [0.1, 0.15) is 18.1 Å². The van der Waals surface area contributed by atoms with Gasteiger partial charge >= 0.3 is 0 Å². The zero-order chi connectivity index (χ0) is 22.6. The molecule has 0 saturated heterocycles. The van der Waals surface area contributed by atoms with Crippen molar-refractivity contribution in [2.24, 2.45) is 0 Å². The third-order valence-electron chi connectivity index (χ3n) is 4.48. The molecule has 0 bridgehead atoms. The molecular weight excluding hydrogens is 392 g/mol. The van der Waals surface area contributed by atoms with E-state index in [-0.39, 0.29) is 5.75 Å². The van der Waals surface area contributed by atoms with Gasteiger partial charge in [-0.25, -0.2) is 5.26 Å². The molecule has 4 aromatic carbocycles. The quantitative estimate of drug-likeness (QED) is 0.262. The summed E-state index contributed by atoms with van der Waals surface area (Å²) in [5.74, 6) is 1.45. The number of ether oxygens (including phenoxy) is 1. The van der Waals surface area contributed by atoms with Crippen molar-refractivity contribution < 1.29 is 25.1 Å². The summed E-state index contributed by atoms with van der Waals surface area (Å²) in [5.41, 5.74) is 3.09. The van der Waals surface area contributed by atoms with Crippen LogP contribution in [0.4, 0.5) is 0 Å². The molecule has 0 aliphatic carbocycles. The van der Waals surface area contributed by atoms with E-state index in [1.54, 1.807) is 24.3 Å². The monoisotopic (exact) mass is 420 g/mol. The van der Waals surface area contributed by atoms with Crippen LogP contribution in [0, 0.1) is 0 Å². The van der Waals surface area contributed by atoms with Crippen LogP contribution in [-0.4, -0.2) is 22.6 Å². The second-order valence-corrected chi connectivity index (χ2v) is 6.23. The zero-order valence-corrected chi connectivity index (χ0v) is 17.9. The number of benzene rings is 4. The summed E-state index contributed by atoms with van der Waals surface area (Å²) in [7, 11) is 1.00. The smallest absolute Gasteiger partial charge is 0.165 e. The molecule has 4 aromatic rings. The minimum atomic E-state index is 0.242. The van der Waals surface area contributed by atoms with Crippen LogP contribution in [0.1, 0.15) is 19.4 Å². The lowest BCUT2D eigenvalue weighted by Crippen LogP contribution is -1.96. The lowest BCUT2D eigenvalue weighted by Gasteiger charge is -2.12. The molecule has 4 rings (SSSR count). The topological polar surface area (TPSA) is 79.2 Å². The first-order valence-corrected chi connectivity index (χ1v) is 10.0. The fourth-order valence-corrected chi connectivity index (χ4v) is 3.11. The Bertz CT molecular complexity index is 1060. The summed E-state index contributed by atoms with van der Waals surface area (Å²) in [4.78, 5) is 4.26. The highest BCUT2D eigenvalue weighted by Gasteiger charge is 2.08. The molecule has 31 heavy (non-hydrogen) atoms. The van der Waals surface area contributed by atoms with Crippen LogP contribution in [0.2, 0.25) is 0 Å². The van der Waals surface area contributed by atoms with Crippen LogP contribution >= 0.6 is 0 Å². The molecule has 5 nitrogen and oxygen atoms in total. The molecule has 0 saturated carbocycles. The van der Waals surface area contributed by atoms with Crippen LogP contribution in [0.5, 0.6) is 17.2 Å². The van der Waals surface area contributed by atoms with Crippen LogP contribution in [0.3, 0.4) is 0 Å². The first kappa shape index (κ1) is 23.7. The highest BCUT2D eigenvalue weighted by Crippen LogP contribution is 2.34. The number of phenolic OH excluding ortho intramolecular Hbond substituents is 1. The molecule has 162 valence electrons. The Hall–Kier alpha value is -3.54. The predicted octanol–water partition coefficient (Wildman–Crippen LogP) is 6.28. The third-order valence-corrected chi connectivity index (χ3v) is 4.48. The van der Waals surface area contributed by atoms with Gasteiger partial charge in [0.25, 0.3) is 0 Å². The van der Waals surface area contributed by atoms with Gasteiger partial charge in [0.15, 0.2) is 5.75 Å². The Morgan fingerprint density at radius 3 is 1.97 bits per heavy atom. The van der Waals surface area contributed by atoms with E-state index in [1.807, 2.05) is 62.4 Å². The first-order chi connectivity index (χ1) is 15.2. The summed E-state index contributed by atoms with van der Waals surface area (Å²) in [6.45, 7) is 4.42. The zero-order valence-electron chi connectivity index (χ0n) is 17.9. The van der Waals surface area contributed by atoms with Gasteiger partial charge in [-0.15, -0.1) is 0 Å². The fourth-order valence-electron chi connectivity index (χ4n) is 3.11. The number of phenols is 1. The van der Waals surface area contributed by atoms with E-state index in [2.05, 4.69) is 17.0 Å². The molecule has 0 amide bonds. The fraction of sp³-hybridized carbons (Fsp3) is 0.154. The maximum absolute atomic E-state index is 9.39. The van der Waals surface area contributed by atoms with E-state index in [1.165, 1.54) is 0 Å². The molecular formula is C26H28O5. The molecule has 0 radical (unpaired) electrons. The lowest BCUT2D eigenvalue weighted by molar-refractivity contribution is -0.137. The van der Waals surface area contributed by atoms with Crippen LogP contribution in [0.15, 0.2) is 84.9 Å². The highest BCUT2D eigenvalue weighted by molar-refractivity contribution is 5.99. The van der Waals surface area contributed by atoms with Gasteiger partial charge in [-0.2, -0.15) is 0 Å². The van der Waals surface area contributed by atoms with Crippen molar-refractivity contribution in [3.8, 4) is 28.4 Å². The Balaban J connectivity index is 0.000000807. The average Bonchev–Trinajstić information content (AvgIpc) is 2.86. The summed E-state index contributed by atoms with van der Waals surface area (Å²) in [6, 6.07) is 26.3. The number of fused-ring (bicyclic) bond motifs is 1. The molecule has 3 N–H and O–H groups in total. The Morgan fingerprint density at radius 2 is 1.32 bits per heavy atom. The largest absolute Gasteiger partial charge is 0.508 e. The minimum Gasteiger partial charge on any atom is -0.508 e. The number of aromatic hydroxyl groups is 1. The van der Waals surface area contributed by atoms with Crippen molar-refractivity contribution in [1.29, 1.82) is 0 Å². The van der Waals surface area contributed by atoms with Gasteiger partial charge in [0, 0.05) is 12.5 Å². The maximum atomic E-state index is 9.39. The van der Waals surface area contributed by atoms with Gasteiger partial charge < -0.3 is 19.8 Å². The number of aliphatic hydroxyl groups excluding tert-OH is 1. The number of hydrogen-bond donors (Lipinski definition) is 3. The van der Waals surface area contributed by atoms with E-state index in [4.69, 9.17) is 15.1 Å². The van der Waals surface area contributed by atoms with E-state index in [9.17, 15) is 5.11 Å². The molecule has 0 heterocycles. The molecule has 0 aromatic heterocycles. The van der Waals surface area contributed by atoms with Gasteiger partial charge in [-0.05, 0) is 52.4 Å². The second kappa shape index (κ2) is 12.2. The maximum Gasteiger partial charge on any atom is 0.165 e. The molecule has 0 spiro atoms. The number of rotatable bonds is 5. The van der Waals surface area contributed by atoms with E-state index >= 15 is 0 Å². The van der Waals surface area contributed by atoms with Gasteiger partial charge in [0.05, 0.1) is 0 Å². The summed E-state index contributed by atoms with van der Waals surface area (Å²) in [5, 5.41) is 27.2. The van der Waals surface area contributed by atoms with Crippen molar-refractivity contribution in [2.45, 2.75) is 20.5 Å². The minimum absolute atomic E-state index is 0.242. The summed E-state index contributed by atoms with van der Waals surface area (Å²) < 4.78 is 6.04. The first-order valence-electron chi connectivity index (χ1n) is 10.0. The molecule has 0 aliphatic heterocycles. The van der Waals surface area contributed by atoms with Crippen molar-refractivity contribution in [3.05, 3.63) is 90.5 Å². The van der Waals surface area contributed by atoms with E-state index in [0.717, 1.165) is 40.3 Å². The molecule has 5 heteroatoms. The Labute approximate surface area is 182 Å². The molecule has 0 aliphatic rings. The van der Waals surface area contributed by atoms with Gasteiger partial charge in [0.2, 0.25) is 0 Å². The van der Waals surface area contributed by atoms with Crippen molar-refractivity contribution in [3.63, 3.8) is 0 Å². The van der Waals surface area contributed by atoms with Gasteiger partial charge in [-0.3, -0.25) is 0 Å². The molecule has 0 unspecified atom stereocenters. The number of hydrogen-bond acceptors (Lipinski definition) is 5. The molecule has 0 atom stereocenters. The lowest BCUT2D eigenvalue weighted by atomic mass is 9.98. The number of aliphatic hydroxyl groups is 1. The van der Waals surface area contributed by atoms with E-state index < -0.39 is 0 Å². The summed E-state index contributed by atoms with van der Waals surface area (Å²) >= 11 is 0. The molecule has 0 fully saturated rings. The summed E-state index contributed by atoms with van der Waals surface area (Å²) in [6.07, 6.45) is 0. The standard InChI is InChI=1S/C23H18O4.C2H6.CH4O/c24-18-11-7-16(8-12-18)15-26-23-6-2-4-21-20(3-1-5-22(21)23)17-9-13-19(27-25)14-10-17;2*1-2/h1-14,24-25H,15H2;1-2H3;2H,1H3. The van der Waals surface area contributed by atoms with Crippen molar-refractivity contribution >= 4 is 10.8 Å². The predicted molar refractivity (Wildman–Crippen MR) is 125 cm³/mol. The Morgan fingerprint density at radius 1 is 0.710 bits per heavy atom. The van der Waals surface area contributed by atoms with Gasteiger partial charge in [-0.1, -0.05) is 68.4 Å².